The van der Waals surface area contributed by atoms with Gasteiger partial charge in [-0.1, -0.05) is 24.3 Å². The summed E-state index contributed by atoms with van der Waals surface area (Å²) >= 11 is 0. The van der Waals surface area contributed by atoms with Gasteiger partial charge in [-0.15, -0.1) is 0 Å². The second kappa shape index (κ2) is 8.89. The van der Waals surface area contributed by atoms with E-state index in [1.807, 2.05) is 0 Å². The van der Waals surface area contributed by atoms with Crippen molar-refractivity contribution in [3.05, 3.63) is 41.5 Å². The number of nitrogens with zero attached hydrogens (tertiary/aromatic N) is 3. The molecule has 0 amide bonds. The van der Waals surface area contributed by atoms with Gasteiger partial charge in [0.25, 0.3) is 0 Å². The van der Waals surface area contributed by atoms with E-state index in [4.69, 9.17) is 0 Å². The van der Waals surface area contributed by atoms with E-state index >= 15 is 0 Å². The summed E-state index contributed by atoms with van der Waals surface area (Å²) in [4.78, 5) is 7.66. The predicted molar refractivity (Wildman–Crippen MR) is 125 cm³/mol. The first-order valence-electron chi connectivity index (χ1n) is 11.2. The van der Waals surface area contributed by atoms with E-state index in [2.05, 4.69) is 86.6 Å². The maximum atomic E-state index is 2.57. The first kappa shape index (κ1) is 20.6. The molecule has 152 valence electrons. The molecule has 0 fully saturated rings. The summed E-state index contributed by atoms with van der Waals surface area (Å²) in [6.45, 7) is 19.9. The summed E-state index contributed by atoms with van der Waals surface area (Å²) in [6, 6.07) is 11.4. The van der Waals surface area contributed by atoms with Crippen LogP contribution >= 0.6 is 0 Å². The van der Waals surface area contributed by atoms with Gasteiger partial charge in [0.1, 0.15) is 0 Å². The number of fused-ring (bicyclic) bond motifs is 3. The lowest BCUT2D eigenvalue weighted by Crippen LogP contribution is -2.32. The quantitative estimate of drug-likeness (QED) is 0.465. The van der Waals surface area contributed by atoms with Gasteiger partial charge >= 0.3 is 0 Å². The molecule has 0 spiro atoms. The highest BCUT2D eigenvalue weighted by Gasteiger charge is 2.30. The number of hydrogen-bond acceptors (Lipinski definition) is 3. The molecule has 3 nitrogen and oxygen atoms in total. The third-order valence-electron chi connectivity index (χ3n) is 6.30. The van der Waals surface area contributed by atoms with Crippen LogP contribution in [0.15, 0.2) is 30.3 Å². The first-order valence-corrected chi connectivity index (χ1v) is 11.2. The Morgan fingerprint density at radius 3 is 1.75 bits per heavy atom. The average Bonchev–Trinajstić information content (AvgIpc) is 3.10. The Morgan fingerprint density at radius 2 is 1.18 bits per heavy atom. The second-order valence-corrected chi connectivity index (χ2v) is 7.47. The molecule has 0 saturated heterocycles. The fraction of sp³-hybridized carbons (Fsp3) is 0.520. The highest BCUT2D eigenvalue weighted by Crippen LogP contribution is 2.50. The van der Waals surface area contributed by atoms with E-state index < -0.39 is 0 Å². The molecule has 0 radical (unpaired) electrons. The van der Waals surface area contributed by atoms with Crippen LogP contribution in [0.25, 0.3) is 11.1 Å². The summed E-state index contributed by atoms with van der Waals surface area (Å²) in [7, 11) is 0. The summed E-state index contributed by atoms with van der Waals surface area (Å²) in [5, 5.41) is 0. The molecule has 1 aliphatic carbocycles. The van der Waals surface area contributed by atoms with Crippen LogP contribution in [0.4, 0.5) is 17.1 Å². The lowest BCUT2D eigenvalue weighted by atomic mass is 9.99. The monoisotopic (exact) mass is 379 g/mol. The number of benzene rings is 2. The normalized spacial score (nSPS) is 11.9. The van der Waals surface area contributed by atoms with E-state index in [0.29, 0.717) is 0 Å². The van der Waals surface area contributed by atoms with Gasteiger partial charge in [-0.2, -0.15) is 0 Å². The van der Waals surface area contributed by atoms with Gasteiger partial charge in [-0.25, -0.2) is 0 Å². The average molecular weight is 380 g/mol. The molecule has 3 rings (SSSR count). The molecular weight excluding hydrogens is 342 g/mol. The summed E-state index contributed by atoms with van der Waals surface area (Å²) < 4.78 is 0. The van der Waals surface area contributed by atoms with Gasteiger partial charge in [0.2, 0.25) is 0 Å². The lowest BCUT2D eigenvalue weighted by molar-refractivity contribution is 0.812. The minimum Gasteiger partial charge on any atom is -0.370 e. The molecule has 28 heavy (non-hydrogen) atoms. The van der Waals surface area contributed by atoms with Gasteiger partial charge in [-0.05, 0) is 69.9 Å². The van der Waals surface area contributed by atoms with Crippen molar-refractivity contribution < 1.29 is 0 Å². The van der Waals surface area contributed by atoms with E-state index in [1.54, 1.807) is 0 Å². The molecular formula is C25H37N3. The van der Waals surface area contributed by atoms with Gasteiger partial charge in [-0.3, -0.25) is 0 Å². The third-order valence-corrected chi connectivity index (χ3v) is 6.30. The first-order chi connectivity index (χ1) is 13.6. The molecule has 0 unspecified atom stereocenters. The standard InChI is InChI=1S/C25H37N3/c1-7-26(8-2)23-18-21-20-16-14-13-15-19(20)17-22(21)24(27(9-3)10-4)25(23)28(11-5)12-6/h13-16,18H,7-12,17H2,1-6H3. The Kier molecular flexibility index (Phi) is 6.53. The number of anilines is 3. The van der Waals surface area contributed by atoms with Crippen molar-refractivity contribution in [3.63, 3.8) is 0 Å². The fourth-order valence-electron chi connectivity index (χ4n) is 4.77. The van der Waals surface area contributed by atoms with Crippen molar-refractivity contribution in [1.29, 1.82) is 0 Å². The Labute approximate surface area is 172 Å². The Bertz CT molecular complexity index is 800. The van der Waals surface area contributed by atoms with Crippen molar-refractivity contribution in [1.82, 2.24) is 0 Å². The van der Waals surface area contributed by atoms with Crippen molar-refractivity contribution in [2.45, 2.75) is 48.0 Å². The second-order valence-electron chi connectivity index (χ2n) is 7.47. The zero-order valence-electron chi connectivity index (χ0n) is 18.7. The molecule has 0 heterocycles. The Balaban J connectivity index is 2.38. The van der Waals surface area contributed by atoms with Crippen molar-refractivity contribution in [2.24, 2.45) is 0 Å². The number of rotatable bonds is 9. The minimum absolute atomic E-state index is 1.03. The summed E-state index contributed by atoms with van der Waals surface area (Å²) in [5.41, 5.74) is 10.1. The van der Waals surface area contributed by atoms with Crippen molar-refractivity contribution >= 4 is 17.1 Å². The molecule has 0 aliphatic heterocycles. The molecule has 0 bridgehead atoms. The van der Waals surface area contributed by atoms with Crippen molar-refractivity contribution in [2.75, 3.05) is 54.0 Å². The van der Waals surface area contributed by atoms with Crippen LogP contribution in [0, 0.1) is 0 Å². The number of hydrogen-bond donors (Lipinski definition) is 0. The molecule has 2 aromatic rings. The SMILES string of the molecule is CCN(CC)c1cc2c(c(N(CC)CC)c1N(CC)CC)Cc1ccccc1-2. The fourth-order valence-corrected chi connectivity index (χ4v) is 4.77. The van der Waals surface area contributed by atoms with Crippen LogP contribution in [0.2, 0.25) is 0 Å². The minimum atomic E-state index is 1.03. The maximum absolute atomic E-state index is 2.57. The smallest absolute Gasteiger partial charge is 0.0844 e. The van der Waals surface area contributed by atoms with Crippen LogP contribution in [0.5, 0.6) is 0 Å². The van der Waals surface area contributed by atoms with Crippen LogP contribution in [0.3, 0.4) is 0 Å². The lowest BCUT2D eigenvalue weighted by Gasteiger charge is -2.37. The van der Waals surface area contributed by atoms with Gasteiger partial charge in [0.15, 0.2) is 0 Å². The highest BCUT2D eigenvalue weighted by atomic mass is 15.2. The molecule has 3 heteroatoms. The van der Waals surface area contributed by atoms with E-state index in [-0.39, 0.29) is 0 Å². The summed E-state index contributed by atoms with van der Waals surface area (Å²) in [5.74, 6) is 0. The molecule has 0 N–H and O–H groups in total. The third kappa shape index (κ3) is 3.36. The van der Waals surface area contributed by atoms with Gasteiger partial charge < -0.3 is 14.7 Å². The van der Waals surface area contributed by atoms with Gasteiger partial charge in [0.05, 0.1) is 17.1 Å². The van der Waals surface area contributed by atoms with E-state index in [1.165, 1.54) is 39.3 Å². The van der Waals surface area contributed by atoms with Crippen LogP contribution in [-0.4, -0.2) is 39.3 Å². The Morgan fingerprint density at radius 1 is 0.643 bits per heavy atom. The summed E-state index contributed by atoms with van der Waals surface area (Å²) in [6.07, 6.45) is 1.05. The van der Waals surface area contributed by atoms with Crippen molar-refractivity contribution in [3.8, 4) is 11.1 Å². The zero-order valence-corrected chi connectivity index (χ0v) is 18.7. The molecule has 0 saturated carbocycles. The Hall–Kier alpha value is -2.16. The van der Waals surface area contributed by atoms with E-state index in [0.717, 1.165) is 45.7 Å². The predicted octanol–water partition coefficient (Wildman–Crippen LogP) is 5.80. The zero-order chi connectivity index (χ0) is 20.3. The maximum Gasteiger partial charge on any atom is 0.0844 e. The van der Waals surface area contributed by atoms with Crippen LogP contribution < -0.4 is 14.7 Å². The molecule has 0 aromatic heterocycles. The molecule has 0 atom stereocenters. The molecule has 2 aromatic carbocycles. The molecule has 1 aliphatic rings. The van der Waals surface area contributed by atoms with Gasteiger partial charge in [0, 0.05) is 45.7 Å². The topological polar surface area (TPSA) is 9.72 Å². The van der Waals surface area contributed by atoms with Crippen LogP contribution in [-0.2, 0) is 6.42 Å². The largest absolute Gasteiger partial charge is 0.370 e. The van der Waals surface area contributed by atoms with Crippen LogP contribution in [0.1, 0.15) is 52.7 Å². The van der Waals surface area contributed by atoms with E-state index in [9.17, 15) is 0 Å². The highest BCUT2D eigenvalue weighted by molar-refractivity contribution is 5.96.